The Kier molecular flexibility index (Phi) is 5.62. The number of nitrogens with one attached hydrogen (secondary N) is 1. The van der Waals surface area contributed by atoms with Gasteiger partial charge in [-0.25, -0.2) is 8.78 Å². The summed E-state index contributed by atoms with van der Waals surface area (Å²) in [5, 5.41) is 12.0. The number of hydrogen-bond donors (Lipinski definition) is 1. The molecular weight excluding hydrogens is 442 g/mol. The summed E-state index contributed by atoms with van der Waals surface area (Å²) in [5.74, 6) is -4.33. The van der Waals surface area contributed by atoms with Crippen LogP contribution in [0.4, 0.5) is 8.78 Å². The van der Waals surface area contributed by atoms with Crippen LogP contribution in [0, 0.1) is 11.3 Å². The largest absolute Gasteiger partial charge is 0.343 e. The second kappa shape index (κ2) is 7.78. The third kappa shape index (κ3) is 4.20. The molecule has 1 atom stereocenters. The Bertz CT molecular complexity index is 950. The summed E-state index contributed by atoms with van der Waals surface area (Å²) in [5.41, 5.74) is 0.935. The number of hydrogen-bond acceptors (Lipinski definition) is 5. The minimum atomic E-state index is -3.09. The average Bonchev–Trinajstić information content (AvgIpc) is 2.99. The lowest BCUT2D eigenvalue weighted by Crippen LogP contribution is -2.43. The first kappa shape index (κ1) is 19.5. The molecule has 1 fully saturated rings. The van der Waals surface area contributed by atoms with E-state index in [2.05, 4.69) is 25.1 Å². The van der Waals surface area contributed by atoms with E-state index in [1.807, 2.05) is 6.07 Å². The molecule has 27 heavy (non-hydrogen) atoms. The Morgan fingerprint density at radius 2 is 2.22 bits per heavy atom. The van der Waals surface area contributed by atoms with Crippen LogP contribution in [0.15, 0.2) is 35.4 Å². The van der Waals surface area contributed by atoms with Gasteiger partial charge in [-0.15, -0.1) is 0 Å². The van der Waals surface area contributed by atoms with E-state index >= 15 is 0 Å². The lowest BCUT2D eigenvalue weighted by Gasteiger charge is -2.19. The van der Waals surface area contributed by atoms with Crippen LogP contribution in [-0.2, 0) is 4.79 Å². The average molecular weight is 455 g/mol. The van der Waals surface area contributed by atoms with Crippen LogP contribution in [0.25, 0.3) is 10.9 Å². The van der Waals surface area contributed by atoms with Gasteiger partial charge in [0.15, 0.2) is 0 Å². The molecule has 0 aliphatic carbocycles. The molecular formula is C17H13BrF2N4O2S. The van der Waals surface area contributed by atoms with Crippen molar-refractivity contribution in [2.75, 3.05) is 13.1 Å². The molecule has 2 aromatic rings. The zero-order chi connectivity index (χ0) is 19.6. The van der Waals surface area contributed by atoms with Gasteiger partial charge in [-0.1, -0.05) is 6.07 Å². The van der Waals surface area contributed by atoms with Crippen molar-refractivity contribution in [1.82, 2.24) is 15.2 Å². The third-order valence-corrected chi connectivity index (χ3v) is 5.74. The van der Waals surface area contributed by atoms with Gasteiger partial charge in [0.05, 0.1) is 30.2 Å². The predicted molar refractivity (Wildman–Crippen MR) is 99.5 cm³/mol. The number of alkyl halides is 2. The highest BCUT2D eigenvalue weighted by Gasteiger charge is 2.47. The quantitative estimate of drug-likeness (QED) is 0.766. The first-order valence-corrected chi connectivity index (χ1v) is 10.5. The summed E-state index contributed by atoms with van der Waals surface area (Å²) in [4.78, 5) is 30.6. The zero-order valence-corrected chi connectivity index (χ0v) is 16.2. The molecule has 1 unspecified atom stereocenters. The Balaban J connectivity index is 1.72. The van der Waals surface area contributed by atoms with Crippen LogP contribution < -0.4 is 5.32 Å². The van der Waals surface area contributed by atoms with Crippen molar-refractivity contribution in [2.24, 2.45) is 0 Å². The molecule has 140 valence electrons. The van der Waals surface area contributed by atoms with E-state index in [1.54, 1.807) is 18.2 Å². The lowest BCUT2D eigenvalue weighted by molar-refractivity contribution is -0.131. The molecule has 10 heteroatoms. The van der Waals surface area contributed by atoms with Crippen molar-refractivity contribution in [1.29, 1.82) is 5.26 Å². The maximum absolute atomic E-state index is 13.4. The molecule has 1 saturated heterocycles. The van der Waals surface area contributed by atoms with Gasteiger partial charge >= 0.3 is 0 Å². The highest BCUT2D eigenvalue weighted by molar-refractivity contribution is 9.50. The Morgan fingerprint density at radius 3 is 2.93 bits per heavy atom. The number of aromatic nitrogens is 1. The summed E-state index contributed by atoms with van der Waals surface area (Å²) in [6, 6.07) is 7.40. The van der Waals surface area contributed by atoms with Gasteiger partial charge in [-0.2, -0.15) is 5.26 Å². The minimum absolute atomic E-state index is 0.322. The van der Waals surface area contributed by atoms with Crippen LogP contribution in [-0.4, -0.2) is 46.8 Å². The normalized spacial score (nSPS) is 18.3. The van der Waals surface area contributed by atoms with E-state index < -0.39 is 43.3 Å². The molecule has 0 bridgehead atoms. The van der Waals surface area contributed by atoms with Crippen LogP contribution in [0.5, 0.6) is 0 Å². The monoisotopic (exact) mass is 454 g/mol. The van der Waals surface area contributed by atoms with Gasteiger partial charge in [0.1, 0.15) is 6.04 Å². The molecule has 1 aliphatic rings. The standard InChI is InChI=1S/C17H13BrF2N4O2S/c18-27-11-1-2-12-13(3-4-22-14(12)5-11)16(26)23-8-15(25)24-9-17(19,20)6-10(24)7-21/h1-5,10H,6,8-9H2,(H,23,26). The van der Waals surface area contributed by atoms with Crippen LogP contribution in [0.1, 0.15) is 16.8 Å². The number of amides is 2. The first-order chi connectivity index (χ1) is 12.8. The number of carbonyl (C=O) groups is 2. The summed E-state index contributed by atoms with van der Waals surface area (Å²) in [7, 11) is 1.36. The van der Waals surface area contributed by atoms with E-state index in [0.717, 1.165) is 9.80 Å². The lowest BCUT2D eigenvalue weighted by atomic mass is 10.1. The molecule has 0 radical (unpaired) electrons. The van der Waals surface area contributed by atoms with Gasteiger partial charge in [-0.3, -0.25) is 14.6 Å². The molecule has 1 aromatic carbocycles. The predicted octanol–water partition coefficient (Wildman–Crippen LogP) is 3.13. The highest BCUT2D eigenvalue weighted by atomic mass is 79.9. The van der Waals surface area contributed by atoms with E-state index in [9.17, 15) is 18.4 Å². The van der Waals surface area contributed by atoms with Crippen LogP contribution in [0.3, 0.4) is 0 Å². The topological polar surface area (TPSA) is 86.1 Å². The Hall–Kier alpha value is -2.25. The van der Waals surface area contributed by atoms with E-state index in [1.165, 1.54) is 22.5 Å². The van der Waals surface area contributed by atoms with E-state index in [0.29, 0.717) is 16.5 Å². The van der Waals surface area contributed by atoms with E-state index in [4.69, 9.17) is 5.26 Å². The van der Waals surface area contributed by atoms with Crippen LogP contribution in [0.2, 0.25) is 0 Å². The molecule has 0 saturated carbocycles. The fourth-order valence-corrected chi connectivity index (χ4v) is 3.80. The number of pyridine rings is 1. The fourth-order valence-electron chi connectivity index (χ4n) is 2.92. The molecule has 0 spiro atoms. The SMILES string of the molecule is N#CC1CC(F)(F)CN1C(=O)CNC(=O)c1ccnc2cc(SBr)ccc12. The molecule has 6 nitrogen and oxygen atoms in total. The second-order valence-electron chi connectivity index (χ2n) is 6.02. The molecule has 2 heterocycles. The van der Waals surface area contributed by atoms with Crippen molar-refractivity contribution in [3.05, 3.63) is 36.0 Å². The van der Waals surface area contributed by atoms with E-state index in [-0.39, 0.29) is 0 Å². The van der Waals surface area contributed by atoms with Crippen molar-refractivity contribution in [3.8, 4) is 6.07 Å². The third-order valence-electron chi connectivity index (χ3n) is 4.19. The van der Waals surface area contributed by atoms with Crippen molar-refractivity contribution in [3.63, 3.8) is 0 Å². The summed E-state index contributed by atoms with van der Waals surface area (Å²) >= 11 is 3.27. The number of halogens is 3. The summed E-state index contributed by atoms with van der Waals surface area (Å²) < 4.78 is 26.9. The summed E-state index contributed by atoms with van der Waals surface area (Å²) in [6.07, 6.45) is 0.792. The first-order valence-electron chi connectivity index (χ1n) is 7.87. The molecule has 2 amide bonds. The molecule has 1 aliphatic heterocycles. The molecule has 1 aromatic heterocycles. The number of fused-ring (bicyclic) bond motifs is 1. The number of nitrogens with zero attached hydrogens (tertiary/aromatic N) is 3. The van der Waals surface area contributed by atoms with Crippen LogP contribution >= 0.6 is 25.0 Å². The maximum atomic E-state index is 13.4. The number of likely N-dealkylation sites (tertiary alicyclic amines) is 1. The number of nitriles is 1. The summed E-state index contributed by atoms with van der Waals surface area (Å²) in [6.45, 7) is -1.28. The fraction of sp³-hybridized carbons (Fsp3) is 0.294. The maximum Gasteiger partial charge on any atom is 0.268 e. The Morgan fingerprint density at radius 1 is 1.44 bits per heavy atom. The smallest absolute Gasteiger partial charge is 0.268 e. The molecule has 1 N–H and O–H groups in total. The second-order valence-corrected chi connectivity index (χ2v) is 7.62. The van der Waals surface area contributed by atoms with Gasteiger partial charge in [0.25, 0.3) is 11.8 Å². The Labute approximate surface area is 165 Å². The highest BCUT2D eigenvalue weighted by Crippen LogP contribution is 2.31. The van der Waals surface area contributed by atoms with Crippen molar-refractivity contribution >= 4 is 47.7 Å². The number of carbonyl (C=O) groups excluding carboxylic acids is 2. The van der Waals surface area contributed by atoms with Crippen molar-refractivity contribution < 1.29 is 18.4 Å². The van der Waals surface area contributed by atoms with Gasteiger partial charge in [0, 0.05) is 22.9 Å². The van der Waals surface area contributed by atoms with Gasteiger partial charge in [-0.05, 0) is 43.2 Å². The minimum Gasteiger partial charge on any atom is -0.343 e. The van der Waals surface area contributed by atoms with Gasteiger partial charge < -0.3 is 10.2 Å². The van der Waals surface area contributed by atoms with Crippen molar-refractivity contribution in [2.45, 2.75) is 23.3 Å². The number of benzene rings is 1. The molecule has 3 rings (SSSR count). The number of rotatable bonds is 4. The van der Waals surface area contributed by atoms with Gasteiger partial charge in [0.2, 0.25) is 5.91 Å². The zero-order valence-electron chi connectivity index (χ0n) is 13.8.